The molecule has 0 bridgehead atoms. The lowest BCUT2D eigenvalue weighted by molar-refractivity contribution is 0.189. The molecule has 114 valence electrons. The van der Waals surface area contributed by atoms with Crippen molar-refractivity contribution >= 4 is 0 Å². The maximum absolute atomic E-state index is 13.8. The zero-order valence-electron chi connectivity index (χ0n) is 12.9. The average Bonchev–Trinajstić information content (AvgIpc) is 2.83. The molecule has 1 aromatic carbocycles. The lowest BCUT2D eigenvalue weighted by Crippen LogP contribution is -2.33. The van der Waals surface area contributed by atoms with Gasteiger partial charge in [0.05, 0.1) is 12.2 Å². The second kappa shape index (κ2) is 7.59. The van der Waals surface area contributed by atoms with Crippen molar-refractivity contribution in [3.63, 3.8) is 0 Å². The Bertz CT molecular complexity index is 532. The Labute approximate surface area is 127 Å². The maximum atomic E-state index is 13.8. The second-order valence-corrected chi connectivity index (χ2v) is 5.75. The Hall–Kier alpha value is -1.37. The number of aliphatic hydroxyl groups excluding tert-OH is 1. The summed E-state index contributed by atoms with van der Waals surface area (Å²) in [5, 5.41) is 8.74. The molecular formula is C18H24FNO. The number of hydrogen-bond acceptors (Lipinski definition) is 2. The van der Waals surface area contributed by atoms with Crippen LogP contribution in [0.25, 0.3) is 0 Å². The first-order valence-electron chi connectivity index (χ1n) is 7.79. The van der Waals surface area contributed by atoms with Crippen LogP contribution in [0.2, 0.25) is 0 Å². The third-order valence-corrected chi connectivity index (χ3v) is 4.28. The molecule has 2 atom stereocenters. The van der Waals surface area contributed by atoms with Gasteiger partial charge in [-0.1, -0.05) is 24.8 Å². The second-order valence-electron chi connectivity index (χ2n) is 5.75. The molecule has 1 N–H and O–H groups in total. The molecular weight excluding hydrogens is 265 g/mol. The van der Waals surface area contributed by atoms with Crippen molar-refractivity contribution < 1.29 is 9.50 Å². The van der Waals surface area contributed by atoms with Gasteiger partial charge in [0.25, 0.3) is 0 Å². The van der Waals surface area contributed by atoms with E-state index in [0.717, 1.165) is 18.5 Å². The van der Waals surface area contributed by atoms with Crippen LogP contribution in [0.1, 0.15) is 50.7 Å². The lowest BCUT2D eigenvalue weighted by atomic mass is 10.1. The quantitative estimate of drug-likeness (QED) is 0.860. The lowest BCUT2D eigenvalue weighted by Gasteiger charge is -2.27. The van der Waals surface area contributed by atoms with Crippen LogP contribution in [0.3, 0.4) is 0 Å². The van der Waals surface area contributed by atoms with Crippen LogP contribution in [0, 0.1) is 17.7 Å². The van der Waals surface area contributed by atoms with Crippen molar-refractivity contribution in [2.24, 2.45) is 0 Å². The molecule has 0 saturated carbocycles. The SMILES string of the molecule is CCC1CCC(C)N1Cc1ccc(F)c(C#CCCO)c1. The summed E-state index contributed by atoms with van der Waals surface area (Å²) in [6, 6.07) is 6.42. The largest absolute Gasteiger partial charge is 0.395 e. The third-order valence-electron chi connectivity index (χ3n) is 4.28. The van der Waals surface area contributed by atoms with E-state index < -0.39 is 0 Å². The van der Waals surface area contributed by atoms with Gasteiger partial charge in [-0.05, 0) is 43.9 Å². The summed E-state index contributed by atoms with van der Waals surface area (Å²) in [5.41, 5.74) is 1.54. The molecule has 1 saturated heterocycles. The summed E-state index contributed by atoms with van der Waals surface area (Å²) in [4.78, 5) is 2.51. The minimum absolute atomic E-state index is 0.0117. The third kappa shape index (κ3) is 4.06. The number of rotatable bonds is 4. The molecule has 0 aromatic heterocycles. The zero-order valence-corrected chi connectivity index (χ0v) is 12.9. The molecule has 0 aliphatic carbocycles. The van der Waals surface area contributed by atoms with E-state index in [1.54, 1.807) is 0 Å². The highest BCUT2D eigenvalue weighted by Gasteiger charge is 2.28. The fraction of sp³-hybridized carbons (Fsp3) is 0.556. The number of halogens is 1. The smallest absolute Gasteiger partial charge is 0.138 e. The van der Waals surface area contributed by atoms with Gasteiger partial charge in [-0.3, -0.25) is 4.90 Å². The highest BCUT2D eigenvalue weighted by molar-refractivity contribution is 5.38. The molecule has 1 fully saturated rings. The van der Waals surface area contributed by atoms with E-state index in [9.17, 15) is 4.39 Å². The van der Waals surface area contributed by atoms with Crippen molar-refractivity contribution in [1.29, 1.82) is 0 Å². The summed E-state index contributed by atoms with van der Waals surface area (Å²) in [7, 11) is 0. The van der Waals surface area contributed by atoms with Gasteiger partial charge in [-0.15, -0.1) is 0 Å². The molecule has 1 aliphatic heterocycles. The molecule has 2 rings (SSSR count). The molecule has 3 heteroatoms. The first-order chi connectivity index (χ1) is 10.2. The average molecular weight is 289 g/mol. The van der Waals surface area contributed by atoms with E-state index in [0.29, 0.717) is 24.1 Å². The van der Waals surface area contributed by atoms with Crippen LogP contribution in [0.5, 0.6) is 0 Å². The first-order valence-corrected chi connectivity index (χ1v) is 7.79. The van der Waals surface area contributed by atoms with Crippen molar-refractivity contribution in [1.82, 2.24) is 4.90 Å². The van der Waals surface area contributed by atoms with Crippen LogP contribution in [0.15, 0.2) is 18.2 Å². The van der Waals surface area contributed by atoms with Gasteiger partial charge in [0.15, 0.2) is 0 Å². The predicted octanol–water partition coefficient (Wildman–Crippen LogP) is 3.32. The van der Waals surface area contributed by atoms with Gasteiger partial charge in [0.2, 0.25) is 0 Å². The van der Waals surface area contributed by atoms with Crippen LogP contribution >= 0.6 is 0 Å². The Morgan fingerprint density at radius 1 is 1.38 bits per heavy atom. The van der Waals surface area contributed by atoms with Gasteiger partial charge in [0, 0.05) is 25.0 Å². The number of aliphatic hydroxyl groups is 1. The van der Waals surface area contributed by atoms with Crippen LogP contribution in [0.4, 0.5) is 4.39 Å². The van der Waals surface area contributed by atoms with E-state index in [2.05, 4.69) is 30.6 Å². The normalized spacial score (nSPS) is 22.1. The number of benzene rings is 1. The van der Waals surface area contributed by atoms with E-state index in [1.165, 1.54) is 18.9 Å². The molecule has 2 unspecified atom stereocenters. The standard InChI is InChI=1S/C18H24FNO/c1-3-17-9-7-14(2)20(17)13-15-8-10-18(19)16(12-15)6-4-5-11-21/h8,10,12,14,17,21H,3,5,7,9,11,13H2,1-2H3. The first kappa shape index (κ1) is 16.0. The Morgan fingerprint density at radius 3 is 2.90 bits per heavy atom. The number of nitrogens with zero attached hydrogens (tertiary/aromatic N) is 1. The Kier molecular flexibility index (Phi) is 5.78. The van der Waals surface area contributed by atoms with E-state index in [-0.39, 0.29) is 12.4 Å². The minimum Gasteiger partial charge on any atom is -0.395 e. The van der Waals surface area contributed by atoms with E-state index >= 15 is 0 Å². The van der Waals surface area contributed by atoms with E-state index in [4.69, 9.17) is 5.11 Å². The molecule has 1 aromatic rings. The highest BCUT2D eigenvalue weighted by Crippen LogP contribution is 2.28. The minimum atomic E-state index is -0.286. The van der Waals surface area contributed by atoms with Crippen molar-refractivity contribution in [2.75, 3.05) is 6.61 Å². The van der Waals surface area contributed by atoms with E-state index in [1.807, 2.05) is 12.1 Å². The molecule has 1 aliphatic rings. The predicted molar refractivity (Wildman–Crippen MR) is 83.3 cm³/mol. The molecule has 2 nitrogen and oxygen atoms in total. The van der Waals surface area contributed by atoms with Gasteiger partial charge in [-0.25, -0.2) is 4.39 Å². The highest BCUT2D eigenvalue weighted by atomic mass is 19.1. The summed E-state index contributed by atoms with van der Waals surface area (Å²) < 4.78 is 13.8. The van der Waals surface area contributed by atoms with Crippen LogP contribution in [-0.4, -0.2) is 28.7 Å². The number of hydrogen-bond donors (Lipinski definition) is 1. The molecule has 0 amide bonds. The monoisotopic (exact) mass is 289 g/mol. The topological polar surface area (TPSA) is 23.5 Å². The van der Waals surface area contributed by atoms with Gasteiger partial charge in [-0.2, -0.15) is 0 Å². The van der Waals surface area contributed by atoms with Crippen molar-refractivity contribution in [3.8, 4) is 11.8 Å². The summed E-state index contributed by atoms with van der Waals surface area (Å²) >= 11 is 0. The van der Waals surface area contributed by atoms with Gasteiger partial charge < -0.3 is 5.11 Å². The fourth-order valence-corrected chi connectivity index (χ4v) is 3.04. The summed E-state index contributed by atoms with van der Waals surface area (Å²) in [5.74, 6) is 5.31. The fourth-order valence-electron chi connectivity index (χ4n) is 3.04. The molecule has 0 radical (unpaired) electrons. The van der Waals surface area contributed by atoms with Crippen molar-refractivity contribution in [2.45, 2.75) is 58.2 Å². The molecule has 21 heavy (non-hydrogen) atoms. The number of likely N-dealkylation sites (tertiary alicyclic amines) is 1. The zero-order chi connectivity index (χ0) is 15.2. The maximum Gasteiger partial charge on any atom is 0.138 e. The van der Waals surface area contributed by atoms with Crippen LogP contribution < -0.4 is 0 Å². The molecule has 1 heterocycles. The molecule has 0 spiro atoms. The van der Waals surface area contributed by atoms with Crippen molar-refractivity contribution in [3.05, 3.63) is 35.1 Å². The van der Waals surface area contributed by atoms with Gasteiger partial charge >= 0.3 is 0 Å². The summed E-state index contributed by atoms with van der Waals surface area (Å²) in [6.07, 6.45) is 4.03. The summed E-state index contributed by atoms with van der Waals surface area (Å²) in [6.45, 7) is 5.36. The van der Waals surface area contributed by atoms with Gasteiger partial charge in [0.1, 0.15) is 5.82 Å². The Morgan fingerprint density at radius 2 is 2.19 bits per heavy atom. The Balaban J connectivity index is 2.14. The van der Waals surface area contributed by atoms with Crippen LogP contribution in [-0.2, 0) is 6.54 Å².